The molecule has 0 radical (unpaired) electrons. The summed E-state index contributed by atoms with van der Waals surface area (Å²) < 4.78 is 92.8. The van der Waals surface area contributed by atoms with Crippen LogP contribution in [0, 0.1) is 0 Å². The molecule has 8 aromatic carbocycles. The van der Waals surface area contributed by atoms with Crippen molar-refractivity contribution in [1.82, 2.24) is 0 Å². The van der Waals surface area contributed by atoms with Crippen LogP contribution in [-0.2, 0) is 97.5 Å². The highest BCUT2D eigenvalue weighted by atomic mass is 16.8. The molecule has 0 saturated carbocycles. The van der Waals surface area contributed by atoms with Gasteiger partial charge >= 0.3 is 23.9 Å². The van der Waals surface area contributed by atoms with Crippen molar-refractivity contribution in [3.63, 3.8) is 0 Å². The lowest BCUT2D eigenvalue weighted by molar-refractivity contribution is -0.372. The number of methoxy groups -OCH3 is 1. The fraction of sp³-hybridized carbons (Fsp3) is 0.324. The molecule has 98 heavy (non-hydrogen) atoms. The van der Waals surface area contributed by atoms with Crippen LogP contribution in [0.5, 0.6) is 0 Å². The zero-order chi connectivity index (χ0) is 68.0. The van der Waals surface area contributed by atoms with Crippen LogP contribution in [0.3, 0.4) is 0 Å². The Hall–Kier alpha value is -9.88. The minimum atomic E-state index is -1.82. The Bertz CT molecular complexity index is 3970. The summed E-state index contributed by atoms with van der Waals surface area (Å²) in [5.41, 5.74) is 24.3. The number of carbonyl (C=O) groups is 4. The van der Waals surface area contributed by atoms with Gasteiger partial charge in [0.1, 0.15) is 86.8 Å². The van der Waals surface area contributed by atoms with Gasteiger partial charge in [-0.2, -0.15) is 0 Å². The molecule has 24 nitrogen and oxygen atoms in total. The Morgan fingerprint density at radius 2 is 0.765 bits per heavy atom. The summed E-state index contributed by atoms with van der Waals surface area (Å²) in [6, 6.07) is 63.0. The lowest BCUT2D eigenvalue weighted by Gasteiger charge is -2.51. The highest BCUT2D eigenvalue weighted by Crippen LogP contribution is 2.40. The molecule has 15 atom stereocenters. The van der Waals surface area contributed by atoms with Crippen LogP contribution in [0.2, 0.25) is 0 Å². The van der Waals surface area contributed by atoms with Crippen LogP contribution in [0.25, 0.3) is 31.7 Å². The second kappa shape index (κ2) is 34.9. The lowest BCUT2D eigenvalue weighted by atomic mass is 9.94. The predicted molar refractivity (Wildman–Crippen MR) is 352 cm³/mol. The van der Waals surface area contributed by atoms with E-state index in [0.29, 0.717) is 11.1 Å². The quantitative estimate of drug-likeness (QED) is 0.0138. The standard InChI is InChI=1S/C74H72N6O18/c1-47(81)86-44-58-64(97-73-61(78-80-76)65(88-40-48-23-9-3-10-24-48)62(57(94-73)45-91-69(82)53-30-15-6-16-31-53)87-43-51-37-38-52-29-21-22-36-56(52)39-51)67(90-42-50-27-13-5-14-28-50)68(96-71(84)55-34-19-8-20-35-55)74(95-58)98-63-59(46-92-70(83)54-32-17-7-18-33-54)93-72(85-2)60(77-79-75)66(63)89-41-49-25-11-4-12-26-49/h3-39,57-68,72-74H,40-46H2,1-2H3/t57-,58+,59-,60-,61-,62-,63-,64-,65-,66-,67+,68-,72+,73-,74+/m1/s1. The maximum absolute atomic E-state index is 15.0. The van der Waals surface area contributed by atoms with Crippen molar-refractivity contribution in [1.29, 1.82) is 0 Å². The molecular weight excluding hydrogens is 1260 g/mol. The Balaban J connectivity index is 1.03. The van der Waals surface area contributed by atoms with E-state index in [1.165, 1.54) is 26.2 Å². The molecule has 0 amide bonds. The number of hydrogen-bond donors (Lipinski definition) is 0. The zero-order valence-corrected chi connectivity index (χ0v) is 53.5. The first kappa shape index (κ1) is 69.5. The number of ether oxygens (including phenoxy) is 14. The summed E-state index contributed by atoms with van der Waals surface area (Å²) in [5, 5.41) is 10.4. The third-order valence-corrected chi connectivity index (χ3v) is 16.6. The molecule has 3 aliphatic rings. The normalized spacial score (nSPS) is 25.1. The van der Waals surface area contributed by atoms with E-state index in [2.05, 4.69) is 20.1 Å². The minimum Gasteiger partial charge on any atom is -0.463 e. The van der Waals surface area contributed by atoms with Crippen LogP contribution in [0.4, 0.5) is 0 Å². The largest absolute Gasteiger partial charge is 0.463 e. The fourth-order valence-corrected chi connectivity index (χ4v) is 11.8. The van der Waals surface area contributed by atoms with Crippen LogP contribution in [0.15, 0.2) is 235 Å². The average molecular weight is 1330 g/mol. The molecule has 3 saturated heterocycles. The summed E-state index contributed by atoms with van der Waals surface area (Å²) in [5.74, 6) is -3.06. The second-order valence-electron chi connectivity index (χ2n) is 23.2. The second-order valence-corrected chi connectivity index (χ2v) is 23.2. The van der Waals surface area contributed by atoms with Gasteiger partial charge in [-0.05, 0) is 86.6 Å². The Morgan fingerprint density at radius 1 is 0.388 bits per heavy atom. The summed E-state index contributed by atoms with van der Waals surface area (Å²) >= 11 is 0. The van der Waals surface area contributed by atoms with Gasteiger partial charge in [0.2, 0.25) is 0 Å². The van der Waals surface area contributed by atoms with E-state index in [-0.39, 0.29) is 43.1 Å². The molecule has 0 bridgehead atoms. The molecule has 0 spiro atoms. The van der Waals surface area contributed by atoms with E-state index in [9.17, 15) is 30.2 Å². The van der Waals surface area contributed by atoms with E-state index >= 15 is 0 Å². The average Bonchev–Trinajstić information content (AvgIpc) is 0.763. The Morgan fingerprint density at radius 3 is 1.27 bits per heavy atom. The van der Waals surface area contributed by atoms with Crippen molar-refractivity contribution < 1.29 is 85.5 Å². The molecule has 0 aliphatic carbocycles. The summed E-state index contributed by atoms with van der Waals surface area (Å²) in [6.45, 7) is -0.772. The SMILES string of the molecule is CO[C@H]1O[C@H](COC(=O)c2ccccc2)[C@@H](O[C@@H]2O[C@@H](COC(C)=O)[C@@H](O[C@H]3O[C@H](COC(=O)c4ccccc4)[C@@H](OCc4ccc5ccccc5c4)[C@H](OCc4ccccc4)[C@H]3N=[N+]=[N-])[C@H](OCc3ccccc3)[C@H]2OC(=O)c2ccccc2)[C@H](OCc2ccccc2)[C@H]1N=[N+]=[N-]. The minimum absolute atomic E-state index is 0.0237. The van der Waals surface area contributed by atoms with Crippen LogP contribution >= 0.6 is 0 Å². The van der Waals surface area contributed by atoms with E-state index in [0.717, 1.165) is 21.9 Å². The number of azide groups is 2. The number of carbonyl (C=O) groups excluding carboxylic acids is 4. The van der Waals surface area contributed by atoms with E-state index in [1.54, 1.807) is 103 Å². The number of rotatable bonds is 29. The maximum Gasteiger partial charge on any atom is 0.338 e. The number of nitrogens with zero attached hydrogens (tertiary/aromatic N) is 6. The van der Waals surface area contributed by atoms with Gasteiger partial charge in [0, 0.05) is 23.9 Å². The molecular formula is C74H72N6O18. The molecule has 8 aromatic rings. The first-order valence-electron chi connectivity index (χ1n) is 31.8. The van der Waals surface area contributed by atoms with Crippen LogP contribution in [0.1, 0.15) is 60.3 Å². The number of benzene rings is 8. The van der Waals surface area contributed by atoms with E-state index in [4.69, 9.17) is 66.3 Å². The van der Waals surface area contributed by atoms with E-state index < -0.39 is 136 Å². The van der Waals surface area contributed by atoms with E-state index in [1.807, 2.05) is 109 Å². The van der Waals surface area contributed by atoms with Gasteiger partial charge in [-0.25, -0.2) is 14.4 Å². The van der Waals surface area contributed by atoms with Crippen molar-refractivity contribution >= 4 is 34.6 Å². The number of hydrogen-bond acceptors (Lipinski definition) is 20. The van der Waals surface area contributed by atoms with Crippen molar-refractivity contribution in [2.75, 3.05) is 26.9 Å². The predicted octanol–water partition coefficient (Wildman–Crippen LogP) is 11.9. The van der Waals surface area contributed by atoms with Gasteiger partial charge in [0.15, 0.2) is 25.0 Å². The molecule has 3 fully saturated rings. The fourth-order valence-electron chi connectivity index (χ4n) is 11.8. The first-order chi connectivity index (χ1) is 48.0. The monoisotopic (exact) mass is 1330 g/mol. The van der Waals surface area contributed by atoms with Gasteiger partial charge in [-0.15, -0.1) is 0 Å². The third kappa shape index (κ3) is 18.2. The summed E-state index contributed by atoms with van der Waals surface area (Å²) in [6.07, 6.45) is -19.1. The maximum atomic E-state index is 15.0. The summed E-state index contributed by atoms with van der Waals surface area (Å²) in [4.78, 5) is 62.4. The highest BCUT2D eigenvalue weighted by Gasteiger charge is 2.58. The van der Waals surface area contributed by atoms with Crippen molar-refractivity contribution in [2.45, 2.75) is 125 Å². The molecule has 0 unspecified atom stereocenters. The summed E-state index contributed by atoms with van der Waals surface area (Å²) in [7, 11) is 1.34. The zero-order valence-electron chi connectivity index (χ0n) is 53.5. The topological polar surface area (TPSA) is 295 Å². The first-order valence-corrected chi connectivity index (χ1v) is 31.8. The van der Waals surface area contributed by atoms with Gasteiger partial charge in [0.05, 0.1) is 43.1 Å². The molecule has 0 aromatic heterocycles. The number of esters is 4. The van der Waals surface area contributed by atoms with Crippen molar-refractivity contribution in [3.05, 3.63) is 284 Å². The Labute approximate surface area is 564 Å². The van der Waals surface area contributed by atoms with Crippen LogP contribution in [-0.4, -0.2) is 143 Å². The van der Waals surface area contributed by atoms with Gasteiger partial charge in [0.25, 0.3) is 0 Å². The van der Waals surface area contributed by atoms with Gasteiger partial charge in [-0.1, -0.05) is 192 Å². The number of fused-ring (bicyclic) bond motifs is 1. The molecule has 0 N–H and O–H groups in total. The van der Waals surface area contributed by atoms with Crippen molar-refractivity contribution in [2.24, 2.45) is 10.2 Å². The Kier molecular flexibility index (Phi) is 24.7. The molecule has 11 rings (SSSR count). The van der Waals surface area contributed by atoms with Gasteiger partial charge in [-0.3, -0.25) is 4.79 Å². The highest BCUT2D eigenvalue weighted by molar-refractivity contribution is 5.90. The molecule has 24 heteroatoms. The molecule has 3 heterocycles. The molecule has 506 valence electrons. The van der Waals surface area contributed by atoms with Crippen molar-refractivity contribution in [3.8, 4) is 0 Å². The third-order valence-electron chi connectivity index (χ3n) is 16.6. The van der Waals surface area contributed by atoms with Crippen LogP contribution < -0.4 is 0 Å². The molecule has 3 aliphatic heterocycles. The lowest BCUT2D eigenvalue weighted by Crippen LogP contribution is -2.68. The van der Waals surface area contributed by atoms with Gasteiger partial charge < -0.3 is 66.3 Å². The smallest absolute Gasteiger partial charge is 0.338 e.